The van der Waals surface area contributed by atoms with Crippen LogP contribution in [-0.4, -0.2) is 39.4 Å². The number of nitrogens with zero attached hydrogens (tertiary/aromatic N) is 3. The van der Waals surface area contributed by atoms with Crippen LogP contribution in [0.25, 0.3) is 0 Å². The fourth-order valence-electron chi connectivity index (χ4n) is 3.20. The molecule has 0 saturated carbocycles. The molecule has 1 aromatic carbocycles. The van der Waals surface area contributed by atoms with Gasteiger partial charge < -0.3 is 4.90 Å². The second-order valence-electron chi connectivity index (χ2n) is 6.13. The first-order valence-corrected chi connectivity index (χ1v) is 9.57. The highest BCUT2D eigenvalue weighted by molar-refractivity contribution is 7.99. The molecule has 6 heteroatoms. The van der Waals surface area contributed by atoms with Crippen molar-refractivity contribution in [3.05, 3.63) is 51.8 Å². The van der Waals surface area contributed by atoms with Gasteiger partial charge in [-0.1, -0.05) is 29.8 Å². The van der Waals surface area contributed by atoms with Crippen molar-refractivity contribution < 1.29 is 4.79 Å². The fourth-order valence-corrected chi connectivity index (χ4v) is 4.80. The average molecular weight is 364 g/mol. The van der Waals surface area contributed by atoms with Crippen LogP contribution in [-0.2, 0) is 7.05 Å². The van der Waals surface area contributed by atoms with E-state index in [4.69, 9.17) is 11.6 Å². The summed E-state index contributed by atoms with van der Waals surface area (Å²) < 4.78 is 1.78. The summed E-state index contributed by atoms with van der Waals surface area (Å²) in [4.78, 5) is 14.9. The number of thioether (sulfide) groups is 1. The van der Waals surface area contributed by atoms with Gasteiger partial charge in [-0.15, -0.1) is 0 Å². The maximum atomic E-state index is 13.0. The molecule has 1 unspecified atom stereocenters. The first-order chi connectivity index (χ1) is 11.5. The summed E-state index contributed by atoms with van der Waals surface area (Å²) in [5.74, 6) is 1.01. The highest BCUT2D eigenvalue weighted by Gasteiger charge is 2.27. The van der Waals surface area contributed by atoms with Gasteiger partial charge in [-0.2, -0.15) is 16.9 Å². The minimum absolute atomic E-state index is 0.0958. The Bertz CT molecular complexity index is 759. The lowest BCUT2D eigenvalue weighted by Gasteiger charge is -2.20. The number of aryl methyl sites for hydroxylation is 2. The van der Waals surface area contributed by atoms with Gasteiger partial charge in [0.05, 0.1) is 11.3 Å². The third-order valence-corrected chi connectivity index (χ3v) is 6.26. The Kier molecular flexibility index (Phi) is 5.21. The topological polar surface area (TPSA) is 38.1 Å². The van der Waals surface area contributed by atoms with Crippen LogP contribution in [0.3, 0.4) is 0 Å². The quantitative estimate of drug-likeness (QED) is 0.809. The van der Waals surface area contributed by atoms with Gasteiger partial charge in [-0.05, 0) is 31.9 Å². The van der Waals surface area contributed by atoms with Gasteiger partial charge in [0, 0.05) is 41.9 Å². The molecule has 0 radical (unpaired) electrons. The van der Waals surface area contributed by atoms with Gasteiger partial charge in [-0.25, -0.2) is 0 Å². The number of aromatic nitrogens is 2. The molecule has 0 aliphatic carbocycles. The number of halogens is 1. The molecule has 1 saturated heterocycles. The van der Waals surface area contributed by atoms with Crippen molar-refractivity contribution in [3.8, 4) is 0 Å². The summed E-state index contributed by atoms with van der Waals surface area (Å²) in [6.45, 7) is 5.36. The highest BCUT2D eigenvalue weighted by atomic mass is 35.5. The van der Waals surface area contributed by atoms with E-state index in [1.54, 1.807) is 4.68 Å². The number of amides is 1. The lowest BCUT2D eigenvalue weighted by molar-refractivity contribution is 0.0765. The normalized spacial score (nSPS) is 18.5. The molecule has 1 fully saturated rings. The summed E-state index contributed by atoms with van der Waals surface area (Å²) in [6.07, 6.45) is 0.915. The molecule has 128 valence electrons. The molecule has 0 N–H and O–H groups in total. The predicted molar refractivity (Wildman–Crippen MR) is 99.9 cm³/mol. The molecule has 0 spiro atoms. The summed E-state index contributed by atoms with van der Waals surface area (Å²) in [7, 11) is 1.88. The minimum Gasteiger partial charge on any atom is -0.338 e. The number of benzene rings is 1. The first kappa shape index (κ1) is 17.4. The molecule has 0 bridgehead atoms. The van der Waals surface area contributed by atoms with Crippen molar-refractivity contribution in [2.24, 2.45) is 7.05 Å². The third kappa shape index (κ3) is 3.33. The minimum atomic E-state index is 0.0958. The number of hydrogen-bond donors (Lipinski definition) is 0. The molecule has 2 heterocycles. The molecular weight excluding hydrogens is 342 g/mol. The molecule has 3 rings (SSSR count). The molecule has 1 aliphatic heterocycles. The van der Waals surface area contributed by atoms with Gasteiger partial charge >= 0.3 is 0 Å². The maximum Gasteiger partial charge on any atom is 0.257 e. The number of carbonyl (C=O) groups is 1. The predicted octanol–water partition coefficient (Wildman–Crippen LogP) is 4.01. The van der Waals surface area contributed by atoms with E-state index in [0.29, 0.717) is 5.25 Å². The van der Waals surface area contributed by atoms with Crippen molar-refractivity contribution in [1.82, 2.24) is 14.7 Å². The van der Waals surface area contributed by atoms with Crippen LogP contribution in [0, 0.1) is 13.8 Å². The number of rotatable bonds is 2. The van der Waals surface area contributed by atoms with E-state index in [2.05, 4.69) is 11.2 Å². The zero-order chi connectivity index (χ0) is 17.3. The molecule has 24 heavy (non-hydrogen) atoms. The van der Waals surface area contributed by atoms with Crippen LogP contribution in [0.5, 0.6) is 0 Å². The second kappa shape index (κ2) is 7.19. The fraction of sp³-hybridized carbons (Fsp3) is 0.444. The van der Waals surface area contributed by atoms with E-state index in [1.807, 2.05) is 55.8 Å². The Morgan fingerprint density at radius 2 is 2.04 bits per heavy atom. The van der Waals surface area contributed by atoms with E-state index >= 15 is 0 Å². The second-order valence-corrected chi connectivity index (χ2v) is 7.85. The van der Waals surface area contributed by atoms with Crippen LogP contribution in [0.2, 0.25) is 5.02 Å². The van der Waals surface area contributed by atoms with Gasteiger partial charge in [0.2, 0.25) is 0 Å². The van der Waals surface area contributed by atoms with Crippen LogP contribution in [0.4, 0.5) is 0 Å². The van der Waals surface area contributed by atoms with Crippen molar-refractivity contribution in [1.29, 1.82) is 0 Å². The zero-order valence-electron chi connectivity index (χ0n) is 14.3. The third-order valence-electron chi connectivity index (χ3n) is 4.60. The van der Waals surface area contributed by atoms with Crippen LogP contribution >= 0.6 is 23.4 Å². The molecule has 1 aromatic heterocycles. The largest absolute Gasteiger partial charge is 0.338 e. The highest BCUT2D eigenvalue weighted by Crippen LogP contribution is 2.38. The van der Waals surface area contributed by atoms with Crippen LogP contribution in [0.1, 0.15) is 39.0 Å². The molecular formula is C18H22ClN3OS. The van der Waals surface area contributed by atoms with Gasteiger partial charge in [-0.3, -0.25) is 9.48 Å². The standard InChI is InChI=1S/C18H22ClN3OS/c1-12-17(13(2)21(3)20-12)18(23)22-9-8-16(24-11-10-22)14-6-4-5-7-15(14)19/h4-7,16H,8-11H2,1-3H3. The number of hydrogen-bond acceptors (Lipinski definition) is 3. The van der Waals surface area contributed by atoms with Crippen molar-refractivity contribution in [3.63, 3.8) is 0 Å². The van der Waals surface area contributed by atoms with E-state index in [-0.39, 0.29) is 5.91 Å². The smallest absolute Gasteiger partial charge is 0.257 e. The summed E-state index contributed by atoms with van der Waals surface area (Å²) in [5.41, 5.74) is 3.66. The van der Waals surface area contributed by atoms with Crippen molar-refractivity contribution in [2.75, 3.05) is 18.8 Å². The van der Waals surface area contributed by atoms with Crippen molar-refractivity contribution in [2.45, 2.75) is 25.5 Å². The molecule has 1 amide bonds. The van der Waals surface area contributed by atoms with Crippen LogP contribution in [0.15, 0.2) is 24.3 Å². The Morgan fingerprint density at radius 3 is 2.71 bits per heavy atom. The lowest BCUT2D eigenvalue weighted by atomic mass is 10.1. The van der Waals surface area contributed by atoms with Crippen LogP contribution < -0.4 is 0 Å². The van der Waals surface area contributed by atoms with E-state index in [1.165, 1.54) is 5.56 Å². The zero-order valence-corrected chi connectivity index (χ0v) is 15.8. The van der Waals surface area contributed by atoms with Gasteiger partial charge in [0.25, 0.3) is 5.91 Å². The summed E-state index contributed by atoms with van der Waals surface area (Å²) in [6, 6.07) is 8.01. The molecule has 4 nitrogen and oxygen atoms in total. The SMILES string of the molecule is Cc1nn(C)c(C)c1C(=O)N1CCSC(c2ccccc2Cl)CC1. The summed E-state index contributed by atoms with van der Waals surface area (Å²) in [5, 5.41) is 5.52. The van der Waals surface area contributed by atoms with E-state index in [9.17, 15) is 4.79 Å². The first-order valence-electron chi connectivity index (χ1n) is 8.14. The van der Waals surface area contributed by atoms with Gasteiger partial charge in [0.15, 0.2) is 0 Å². The monoisotopic (exact) mass is 363 g/mol. The van der Waals surface area contributed by atoms with E-state index in [0.717, 1.165) is 47.2 Å². The molecule has 1 aliphatic rings. The Hall–Kier alpha value is -1.46. The average Bonchev–Trinajstić information content (AvgIpc) is 2.73. The molecule has 1 atom stereocenters. The molecule has 2 aromatic rings. The van der Waals surface area contributed by atoms with Gasteiger partial charge in [0.1, 0.15) is 0 Å². The lowest BCUT2D eigenvalue weighted by Crippen LogP contribution is -2.33. The number of carbonyl (C=O) groups excluding carboxylic acids is 1. The van der Waals surface area contributed by atoms with E-state index < -0.39 is 0 Å². The van der Waals surface area contributed by atoms with Crippen molar-refractivity contribution >= 4 is 29.3 Å². The maximum absolute atomic E-state index is 13.0. The summed E-state index contributed by atoms with van der Waals surface area (Å²) >= 11 is 8.23. The Morgan fingerprint density at radius 1 is 1.29 bits per heavy atom. The Balaban J connectivity index is 1.76. The Labute approximate surface area is 152 Å².